The van der Waals surface area contributed by atoms with Gasteiger partial charge in [0.1, 0.15) is 0 Å². The van der Waals surface area contributed by atoms with Crippen LogP contribution in [0.25, 0.3) is 0 Å². The number of carbonyl (C=O) groups is 2. The van der Waals surface area contributed by atoms with Crippen LogP contribution in [0.4, 0.5) is 5.69 Å². The van der Waals surface area contributed by atoms with Crippen LogP contribution in [0.15, 0.2) is 24.3 Å². The number of para-hydroxylation sites is 1. The van der Waals surface area contributed by atoms with Crippen molar-refractivity contribution in [2.45, 2.75) is 38.6 Å². The summed E-state index contributed by atoms with van der Waals surface area (Å²) < 4.78 is 0. The van der Waals surface area contributed by atoms with Gasteiger partial charge in [-0.1, -0.05) is 18.2 Å². The molecule has 5 heteroatoms. The molecule has 1 aromatic carbocycles. The third kappa shape index (κ3) is 3.97. The Hall–Kier alpha value is -2.04. The van der Waals surface area contributed by atoms with Crippen LogP contribution >= 0.6 is 0 Å². The standard InChI is InChI=1S/C16H23N3O2/c1-3-17-15(20)8-9-18-16(21)13-10-11(2)19-14-7-5-4-6-12(13)14/h4-7,11,13,19H,3,8-10H2,1-2H3,(H,17,20)(H,18,21). The molecule has 2 rings (SSSR count). The molecule has 1 aromatic rings. The fourth-order valence-electron chi connectivity index (χ4n) is 2.69. The van der Waals surface area contributed by atoms with E-state index in [1.165, 1.54) is 0 Å². The number of amides is 2. The van der Waals surface area contributed by atoms with Crippen LogP contribution in [0.5, 0.6) is 0 Å². The quantitative estimate of drug-likeness (QED) is 0.771. The molecule has 2 atom stereocenters. The van der Waals surface area contributed by atoms with E-state index in [-0.39, 0.29) is 23.8 Å². The zero-order valence-electron chi connectivity index (χ0n) is 12.6. The van der Waals surface area contributed by atoms with Crippen molar-refractivity contribution in [2.75, 3.05) is 18.4 Å². The molecule has 0 fully saturated rings. The molecule has 0 saturated carbocycles. The summed E-state index contributed by atoms with van der Waals surface area (Å²) in [4.78, 5) is 23.8. The molecule has 0 radical (unpaired) electrons. The van der Waals surface area contributed by atoms with E-state index in [1.54, 1.807) is 0 Å². The molecule has 0 aromatic heterocycles. The van der Waals surface area contributed by atoms with Crippen molar-refractivity contribution in [3.05, 3.63) is 29.8 Å². The minimum Gasteiger partial charge on any atom is -0.382 e. The van der Waals surface area contributed by atoms with Crippen molar-refractivity contribution in [1.29, 1.82) is 0 Å². The fourth-order valence-corrected chi connectivity index (χ4v) is 2.69. The Bertz CT molecular complexity index is 516. The first-order chi connectivity index (χ1) is 10.1. The van der Waals surface area contributed by atoms with E-state index in [0.29, 0.717) is 19.5 Å². The van der Waals surface area contributed by atoms with Gasteiger partial charge in [-0.15, -0.1) is 0 Å². The van der Waals surface area contributed by atoms with Crippen molar-refractivity contribution in [1.82, 2.24) is 10.6 Å². The smallest absolute Gasteiger partial charge is 0.227 e. The fraction of sp³-hybridized carbons (Fsp3) is 0.500. The average molecular weight is 289 g/mol. The van der Waals surface area contributed by atoms with Crippen molar-refractivity contribution in [3.8, 4) is 0 Å². The van der Waals surface area contributed by atoms with Gasteiger partial charge in [0.05, 0.1) is 5.92 Å². The van der Waals surface area contributed by atoms with Crippen LogP contribution in [0.3, 0.4) is 0 Å². The van der Waals surface area contributed by atoms with Gasteiger partial charge in [0.25, 0.3) is 0 Å². The molecule has 3 N–H and O–H groups in total. The Morgan fingerprint density at radius 1 is 1.29 bits per heavy atom. The Labute approximate surface area is 125 Å². The molecule has 0 saturated heterocycles. The second-order valence-electron chi connectivity index (χ2n) is 5.42. The molecule has 2 unspecified atom stereocenters. The molecular formula is C16H23N3O2. The van der Waals surface area contributed by atoms with Gasteiger partial charge in [-0.05, 0) is 31.9 Å². The maximum atomic E-state index is 12.4. The lowest BCUT2D eigenvalue weighted by molar-refractivity contribution is -0.123. The Balaban J connectivity index is 1.95. The Morgan fingerprint density at radius 2 is 2.05 bits per heavy atom. The molecule has 21 heavy (non-hydrogen) atoms. The minimum atomic E-state index is -0.147. The van der Waals surface area contributed by atoms with Crippen LogP contribution in [-0.2, 0) is 9.59 Å². The number of carbonyl (C=O) groups excluding carboxylic acids is 2. The Morgan fingerprint density at radius 3 is 2.81 bits per heavy atom. The molecule has 0 spiro atoms. The molecule has 5 nitrogen and oxygen atoms in total. The first-order valence-electron chi connectivity index (χ1n) is 7.51. The van der Waals surface area contributed by atoms with E-state index in [1.807, 2.05) is 31.2 Å². The lowest BCUT2D eigenvalue weighted by Crippen LogP contribution is -2.37. The van der Waals surface area contributed by atoms with Gasteiger partial charge in [0.15, 0.2) is 0 Å². The number of hydrogen-bond acceptors (Lipinski definition) is 3. The minimum absolute atomic E-state index is 0.0000912. The summed E-state index contributed by atoms with van der Waals surface area (Å²) >= 11 is 0. The van der Waals surface area contributed by atoms with Crippen LogP contribution in [0.2, 0.25) is 0 Å². The highest BCUT2D eigenvalue weighted by molar-refractivity contribution is 5.87. The van der Waals surface area contributed by atoms with E-state index in [4.69, 9.17) is 0 Å². The molecule has 114 valence electrons. The van der Waals surface area contributed by atoms with Crippen LogP contribution < -0.4 is 16.0 Å². The summed E-state index contributed by atoms with van der Waals surface area (Å²) in [5, 5.41) is 8.99. The second-order valence-corrected chi connectivity index (χ2v) is 5.42. The molecule has 0 aliphatic carbocycles. The van der Waals surface area contributed by atoms with E-state index in [0.717, 1.165) is 17.7 Å². The number of fused-ring (bicyclic) bond motifs is 1. The molecular weight excluding hydrogens is 266 g/mol. The predicted octanol–water partition coefficient (Wildman–Crippen LogP) is 1.62. The lowest BCUT2D eigenvalue weighted by Gasteiger charge is -2.30. The molecule has 1 aliphatic rings. The highest BCUT2D eigenvalue weighted by Crippen LogP contribution is 2.33. The topological polar surface area (TPSA) is 70.2 Å². The molecule has 1 heterocycles. The summed E-state index contributed by atoms with van der Waals surface area (Å²) in [5.41, 5.74) is 2.06. The first-order valence-corrected chi connectivity index (χ1v) is 7.51. The zero-order chi connectivity index (χ0) is 15.2. The summed E-state index contributed by atoms with van der Waals surface area (Å²) in [5.74, 6) is -0.177. The van der Waals surface area contributed by atoms with E-state index in [9.17, 15) is 9.59 Å². The SMILES string of the molecule is CCNC(=O)CCNC(=O)C1CC(C)Nc2ccccc21. The number of benzene rings is 1. The number of nitrogens with one attached hydrogen (secondary N) is 3. The van der Waals surface area contributed by atoms with Gasteiger partial charge < -0.3 is 16.0 Å². The zero-order valence-corrected chi connectivity index (χ0v) is 12.6. The normalized spacial score (nSPS) is 20.1. The van der Waals surface area contributed by atoms with Crippen molar-refractivity contribution < 1.29 is 9.59 Å². The van der Waals surface area contributed by atoms with Crippen molar-refractivity contribution in [2.24, 2.45) is 0 Å². The van der Waals surface area contributed by atoms with Gasteiger partial charge in [-0.2, -0.15) is 0 Å². The van der Waals surface area contributed by atoms with Gasteiger partial charge in [-0.25, -0.2) is 0 Å². The van der Waals surface area contributed by atoms with Crippen LogP contribution in [-0.4, -0.2) is 30.9 Å². The van der Waals surface area contributed by atoms with E-state index < -0.39 is 0 Å². The van der Waals surface area contributed by atoms with Gasteiger partial charge >= 0.3 is 0 Å². The number of anilines is 1. The maximum absolute atomic E-state index is 12.4. The third-order valence-electron chi connectivity index (χ3n) is 3.67. The molecule has 1 aliphatic heterocycles. The number of hydrogen-bond donors (Lipinski definition) is 3. The third-order valence-corrected chi connectivity index (χ3v) is 3.67. The summed E-state index contributed by atoms with van der Waals surface area (Å²) in [6.45, 7) is 4.95. The van der Waals surface area contributed by atoms with E-state index >= 15 is 0 Å². The van der Waals surface area contributed by atoms with Crippen LogP contribution in [0.1, 0.15) is 38.2 Å². The highest BCUT2D eigenvalue weighted by atomic mass is 16.2. The molecule has 0 bridgehead atoms. The highest BCUT2D eigenvalue weighted by Gasteiger charge is 2.29. The maximum Gasteiger partial charge on any atom is 0.227 e. The average Bonchev–Trinajstić information content (AvgIpc) is 2.46. The summed E-state index contributed by atoms with van der Waals surface area (Å²) in [6.07, 6.45) is 1.09. The van der Waals surface area contributed by atoms with E-state index in [2.05, 4.69) is 22.9 Å². The van der Waals surface area contributed by atoms with Crippen molar-refractivity contribution in [3.63, 3.8) is 0 Å². The Kier molecular flexibility index (Phi) is 5.20. The van der Waals surface area contributed by atoms with Gasteiger partial charge in [-0.3, -0.25) is 9.59 Å². The largest absolute Gasteiger partial charge is 0.382 e. The monoisotopic (exact) mass is 289 g/mol. The lowest BCUT2D eigenvalue weighted by atomic mass is 9.87. The summed E-state index contributed by atoms with van der Waals surface area (Å²) in [6, 6.07) is 8.17. The second kappa shape index (κ2) is 7.11. The molecule has 2 amide bonds. The summed E-state index contributed by atoms with van der Waals surface area (Å²) in [7, 11) is 0. The first kappa shape index (κ1) is 15.4. The van der Waals surface area contributed by atoms with Crippen molar-refractivity contribution >= 4 is 17.5 Å². The number of rotatable bonds is 5. The predicted molar refractivity (Wildman–Crippen MR) is 83.2 cm³/mol. The van der Waals surface area contributed by atoms with Gasteiger partial charge in [0.2, 0.25) is 11.8 Å². The van der Waals surface area contributed by atoms with Gasteiger partial charge in [0, 0.05) is 31.2 Å². The van der Waals surface area contributed by atoms with Crippen LogP contribution in [0, 0.1) is 0 Å².